The number of para-hydroxylation sites is 1. The summed E-state index contributed by atoms with van der Waals surface area (Å²) >= 11 is 0. The topological polar surface area (TPSA) is 84.0 Å². The van der Waals surface area contributed by atoms with E-state index in [1.54, 1.807) is 24.3 Å². The maximum absolute atomic E-state index is 13.6. The van der Waals surface area contributed by atoms with E-state index < -0.39 is 17.5 Å². The zero-order chi connectivity index (χ0) is 19.4. The van der Waals surface area contributed by atoms with Gasteiger partial charge in [0.05, 0.1) is 0 Å². The molecule has 3 rings (SSSR count). The number of amides is 1. The molecule has 6 nitrogen and oxygen atoms in total. The molecule has 0 aliphatic carbocycles. The zero-order valence-corrected chi connectivity index (χ0v) is 14.2. The number of aromatic nitrogens is 2. The standard InChI is InChI=1S/C19H14F2N4O2/c1-11(26)12-4-2-5-13(10-12)22-19(27)16-8-9-17(25-24-16)23-18-14(20)6-3-7-15(18)21/h2-10H,1H3,(H,22,27)(H,23,25). The van der Waals surface area contributed by atoms with Crippen LogP contribution >= 0.6 is 0 Å². The van der Waals surface area contributed by atoms with E-state index in [1.807, 2.05) is 0 Å². The first-order valence-corrected chi connectivity index (χ1v) is 7.91. The molecule has 0 radical (unpaired) electrons. The van der Waals surface area contributed by atoms with Gasteiger partial charge in [-0.1, -0.05) is 18.2 Å². The van der Waals surface area contributed by atoms with Gasteiger partial charge in [-0.25, -0.2) is 8.78 Å². The van der Waals surface area contributed by atoms with Crippen molar-refractivity contribution in [2.45, 2.75) is 6.92 Å². The van der Waals surface area contributed by atoms with Gasteiger partial charge in [0.1, 0.15) is 17.3 Å². The Morgan fingerprint density at radius 3 is 2.26 bits per heavy atom. The van der Waals surface area contributed by atoms with E-state index in [0.717, 1.165) is 12.1 Å². The number of anilines is 3. The number of rotatable bonds is 5. The lowest BCUT2D eigenvalue weighted by Gasteiger charge is -2.08. The Morgan fingerprint density at radius 1 is 0.926 bits per heavy atom. The van der Waals surface area contributed by atoms with Crippen LogP contribution in [0, 0.1) is 11.6 Å². The molecule has 1 aromatic heterocycles. The molecule has 0 saturated carbocycles. The van der Waals surface area contributed by atoms with E-state index in [9.17, 15) is 18.4 Å². The van der Waals surface area contributed by atoms with Gasteiger partial charge < -0.3 is 10.6 Å². The average Bonchev–Trinajstić information content (AvgIpc) is 2.65. The summed E-state index contributed by atoms with van der Waals surface area (Å²) in [6, 6.07) is 12.7. The van der Waals surface area contributed by atoms with Crippen molar-refractivity contribution in [1.29, 1.82) is 0 Å². The predicted octanol–water partition coefficient (Wildman–Crippen LogP) is 3.95. The van der Waals surface area contributed by atoms with Crippen molar-refractivity contribution in [3.05, 3.63) is 77.5 Å². The number of carbonyl (C=O) groups excluding carboxylic acids is 2. The van der Waals surface area contributed by atoms with Crippen LogP contribution < -0.4 is 10.6 Å². The van der Waals surface area contributed by atoms with Crippen LogP contribution in [0.15, 0.2) is 54.6 Å². The van der Waals surface area contributed by atoms with Crippen molar-refractivity contribution >= 4 is 28.9 Å². The van der Waals surface area contributed by atoms with E-state index in [4.69, 9.17) is 0 Å². The number of carbonyl (C=O) groups is 2. The summed E-state index contributed by atoms with van der Waals surface area (Å²) in [6.07, 6.45) is 0. The fourth-order valence-corrected chi connectivity index (χ4v) is 2.28. The second-order valence-corrected chi connectivity index (χ2v) is 5.62. The minimum atomic E-state index is -0.774. The highest BCUT2D eigenvalue weighted by Gasteiger charge is 2.12. The summed E-state index contributed by atoms with van der Waals surface area (Å²) in [7, 11) is 0. The molecule has 2 N–H and O–H groups in total. The van der Waals surface area contributed by atoms with Crippen LogP contribution in [0.5, 0.6) is 0 Å². The second-order valence-electron chi connectivity index (χ2n) is 5.62. The molecule has 1 amide bonds. The smallest absolute Gasteiger partial charge is 0.276 e. The molecule has 0 aliphatic heterocycles. The van der Waals surface area contributed by atoms with Crippen molar-refractivity contribution in [1.82, 2.24) is 10.2 Å². The molecule has 2 aromatic carbocycles. The zero-order valence-electron chi connectivity index (χ0n) is 14.2. The lowest BCUT2D eigenvalue weighted by Crippen LogP contribution is -2.15. The Hall–Kier alpha value is -3.68. The van der Waals surface area contributed by atoms with Crippen LogP contribution in [0.2, 0.25) is 0 Å². The molecule has 3 aromatic rings. The summed E-state index contributed by atoms with van der Waals surface area (Å²) in [5.74, 6) is -2.13. The van der Waals surface area contributed by atoms with Gasteiger partial charge in [0.25, 0.3) is 5.91 Å². The van der Waals surface area contributed by atoms with E-state index in [1.165, 1.54) is 25.1 Å². The van der Waals surface area contributed by atoms with Crippen LogP contribution in [0.4, 0.5) is 26.0 Å². The third-order valence-corrected chi connectivity index (χ3v) is 3.64. The van der Waals surface area contributed by atoms with Crippen LogP contribution in [-0.4, -0.2) is 21.9 Å². The summed E-state index contributed by atoms with van der Waals surface area (Å²) in [4.78, 5) is 23.6. The van der Waals surface area contributed by atoms with Crippen molar-refractivity contribution < 1.29 is 18.4 Å². The van der Waals surface area contributed by atoms with Crippen molar-refractivity contribution in [3.63, 3.8) is 0 Å². The average molecular weight is 368 g/mol. The van der Waals surface area contributed by atoms with Crippen LogP contribution in [0.25, 0.3) is 0 Å². The molecule has 0 fully saturated rings. The number of hydrogen-bond donors (Lipinski definition) is 2. The molecule has 0 unspecified atom stereocenters. The third-order valence-electron chi connectivity index (χ3n) is 3.64. The second kappa shape index (κ2) is 7.69. The Bertz CT molecular complexity index is 987. The van der Waals surface area contributed by atoms with E-state index in [-0.39, 0.29) is 23.0 Å². The van der Waals surface area contributed by atoms with Gasteiger partial charge >= 0.3 is 0 Å². The SMILES string of the molecule is CC(=O)c1cccc(NC(=O)c2ccc(Nc3c(F)cccc3F)nn2)c1. The molecule has 1 heterocycles. The normalized spacial score (nSPS) is 10.3. The Kier molecular flexibility index (Phi) is 5.16. The summed E-state index contributed by atoms with van der Waals surface area (Å²) in [6.45, 7) is 1.43. The van der Waals surface area contributed by atoms with Gasteiger partial charge in [-0.05, 0) is 43.3 Å². The number of nitrogens with one attached hydrogen (secondary N) is 2. The molecule has 27 heavy (non-hydrogen) atoms. The number of benzene rings is 2. The van der Waals surface area contributed by atoms with Gasteiger partial charge in [0, 0.05) is 11.3 Å². The van der Waals surface area contributed by atoms with Crippen LogP contribution in [0.1, 0.15) is 27.8 Å². The highest BCUT2D eigenvalue weighted by Crippen LogP contribution is 2.21. The number of nitrogens with zero attached hydrogens (tertiary/aromatic N) is 2. The minimum Gasteiger partial charge on any atom is -0.334 e. The van der Waals surface area contributed by atoms with E-state index >= 15 is 0 Å². The van der Waals surface area contributed by atoms with Crippen molar-refractivity contribution in [2.24, 2.45) is 0 Å². The first-order chi connectivity index (χ1) is 12.9. The fourth-order valence-electron chi connectivity index (χ4n) is 2.28. The summed E-state index contributed by atoms with van der Waals surface area (Å²) in [5, 5.41) is 12.6. The lowest BCUT2D eigenvalue weighted by atomic mass is 10.1. The molecular weight excluding hydrogens is 354 g/mol. The molecule has 0 atom stereocenters. The highest BCUT2D eigenvalue weighted by molar-refractivity contribution is 6.03. The van der Waals surface area contributed by atoms with Gasteiger partial charge in [0.2, 0.25) is 0 Å². The van der Waals surface area contributed by atoms with Crippen molar-refractivity contribution in [2.75, 3.05) is 10.6 Å². The Labute approximate surface area is 153 Å². The highest BCUT2D eigenvalue weighted by atomic mass is 19.1. The maximum atomic E-state index is 13.6. The third kappa shape index (κ3) is 4.30. The predicted molar refractivity (Wildman–Crippen MR) is 96.1 cm³/mol. The van der Waals surface area contributed by atoms with Gasteiger partial charge in [-0.2, -0.15) is 0 Å². The molecular formula is C19H14F2N4O2. The fraction of sp³-hybridized carbons (Fsp3) is 0.0526. The monoisotopic (exact) mass is 368 g/mol. The Balaban J connectivity index is 1.72. The number of ketones is 1. The molecule has 0 saturated heterocycles. The summed E-state index contributed by atoms with van der Waals surface area (Å²) < 4.78 is 27.3. The van der Waals surface area contributed by atoms with Gasteiger partial charge in [-0.3, -0.25) is 9.59 Å². The molecule has 136 valence electrons. The summed E-state index contributed by atoms with van der Waals surface area (Å²) in [5.41, 5.74) is 0.545. The first kappa shape index (κ1) is 18.1. The quantitative estimate of drug-likeness (QED) is 0.666. The molecule has 8 heteroatoms. The number of Topliss-reactive ketones (excluding diaryl/α,β-unsaturated/α-hetero) is 1. The van der Waals surface area contributed by atoms with E-state index in [2.05, 4.69) is 20.8 Å². The van der Waals surface area contributed by atoms with E-state index in [0.29, 0.717) is 11.3 Å². The van der Waals surface area contributed by atoms with Gasteiger partial charge in [0.15, 0.2) is 17.3 Å². The minimum absolute atomic E-state index is 0.00258. The number of hydrogen-bond acceptors (Lipinski definition) is 5. The largest absolute Gasteiger partial charge is 0.334 e. The molecule has 0 bridgehead atoms. The van der Waals surface area contributed by atoms with Gasteiger partial charge in [-0.15, -0.1) is 10.2 Å². The Morgan fingerprint density at radius 2 is 1.63 bits per heavy atom. The molecule has 0 aliphatic rings. The lowest BCUT2D eigenvalue weighted by molar-refractivity contribution is 0.100. The number of halogens is 2. The van der Waals surface area contributed by atoms with Crippen molar-refractivity contribution in [3.8, 4) is 0 Å². The van der Waals surface area contributed by atoms with Crippen LogP contribution in [0.3, 0.4) is 0 Å². The first-order valence-electron chi connectivity index (χ1n) is 7.91. The molecule has 0 spiro atoms. The maximum Gasteiger partial charge on any atom is 0.276 e. The van der Waals surface area contributed by atoms with Crippen LogP contribution in [-0.2, 0) is 0 Å².